The Morgan fingerprint density at radius 1 is 1.50 bits per heavy atom. The number of rotatable bonds is 10. The molecule has 0 saturated carbocycles. The van der Waals surface area contributed by atoms with Crippen LogP contribution in [0.15, 0.2) is 0 Å². The lowest BCUT2D eigenvalue weighted by Crippen LogP contribution is -2.40. The molecule has 1 unspecified atom stereocenters. The number of carbonyl (C=O) groups excluding carboxylic acids is 1. The van der Waals surface area contributed by atoms with Gasteiger partial charge in [0.2, 0.25) is 5.91 Å². The fraction of sp³-hybridized carbons (Fsp3) is 0.909. The van der Waals surface area contributed by atoms with Crippen molar-refractivity contribution in [1.82, 2.24) is 10.6 Å². The van der Waals surface area contributed by atoms with Crippen molar-refractivity contribution in [2.45, 2.75) is 25.8 Å². The molecule has 2 N–H and O–H groups in total. The lowest BCUT2D eigenvalue weighted by atomic mass is 10.2. The van der Waals surface area contributed by atoms with Crippen molar-refractivity contribution in [2.75, 3.05) is 38.8 Å². The van der Waals surface area contributed by atoms with Crippen molar-refractivity contribution >= 4 is 17.7 Å². The van der Waals surface area contributed by atoms with Crippen LogP contribution in [-0.4, -0.2) is 50.8 Å². The lowest BCUT2D eigenvalue weighted by Gasteiger charge is -2.15. The van der Waals surface area contributed by atoms with E-state index in [1.807, 2.05) is 0 Å². The summed E-state index contributed by atoms with van der Waals surface area (Å²) in [7, 11) is 1.66. The van der Waals surface area contributed by atoms with Crippen molar-refractivity contribution < 1.29 is 9.53 Å². The van der Waals surface area contributed by atoms with Crippen molar-refractivity contribution in [1.29, 1.82) is 0 Å². The second kappa shape index (κ2) is 11.2. The average molecular weight is 248 g/mol. The molecule has 0 aromatic carbocycles. The molecule has 0 rings (SSSR count). The zero-order valence-electron chi connectivity index (χ0n) is 10.5. The topological polar surface area (TPSA) is 50.4 Å². The third kappa shape index (κ3) is 9.00. The van der Waals surface area contributed by atoms with E-state index in [9.17, 15) is 4.79 Å². The number of ether oxygens (including phenoxy) is 1. The highest BCUT2D eigenvalue weighted by molar-refractivity contribution is 7.98. The van der Waals surface area contributed by atoms with Crippen LogP contribution in [0.4, 0.5) is 0 Å². The maximum absolute atomic E-state index is 11.4. The second-order valence-electron chi connectivity index (χ2n) is 3.64. The van der Waals surface area contributed by atoms with E-state index < -0.39 is 0 Å². The molecule has 1 amide bonds. The Kier molecular flexibility index (Phi) is 11.0. The molecule has 0 aliphatic heterocycles. The third-order valence-electron chi connectivity index (χ3n) is 2.26. The Morgan fingerprint density at radius 2 is 2.25 bits per heavy atom. The Morgan fingerprint density at radius 3 is 2.81 bits per heavy atom. The maximum atomic E-state index is 11.4. The predicted molar refractivity (Wildman–Crippen MR) is 70.0 cm³/mol. The van der Waals surface area contributed by atoms with Gasteiger partial charge in [0.15, 0.2) is 0 Å². The maximum Gasteiger partial charge on any atom is 0.233 e. The fourth-order valence-corrected chi connectivity index (χ4v) is 2.02. The summed E-state index contributed by atoms with van der Waals surface area (Å²) < 4.78 is 4.90. The first kappa shape index (κ1) is 15.7. The average Bonchev–Trinajstić information content (AvgIpc) is 2.30. The molecule has 0 heterocycles. The van der Waals surface area contributed by atoms with Crippen molar-refractivity contribution in [3.63, 3.8) is 0 Å². The number of hydrogen-bond donors (Lipinski definition) is 2. The van der Waals surface area contributed by atoms with Gasteiger partial charge in [0, 0.05) is 32.1 Å². The molecule has 0 aliphatic carbocycles. The van der Waals surface area contributed by atoms with Crippen LogP contribution in [-0.2, 0) is 9.53 Å². The van der Waals surface area contributed by atoms with Crippen molar-refractivity contribution in [2.24, 2.45) is 0 Å². The molecular formula is C11H24N2O2S. The van der Waals surface area contributed by atoms with Crippen LogP contribution >= 0.6 is 11.8 Å². The van der Waals surface area contributed by atoms with Gasteiger partial charge in [-0.2, -0.15) is 11.8 Å². The summed E-state index contributed by atoms with van der Waals surface area (Å²) in [4.78, 5) is 11.4. The van der Waals surface area contributed by atoms with Gasteiger partial charge in [-0.15, -0.1) is 0 Å². The molecule has 0 saturated heterocycles. The van der Waals surface area contributed by atoms with E-state index in [1.165, 1.54) is 0 Å². The van der Waals surface area contributed by atoms with Crippen LogP contribution in [0.3, 0.4) is 0 Å². The van der Waals surface area contributed by atoms with Gasteiger partial charge in [-0.25, -0.2) is 0 Å². The molecular weight excluding hydrogens is 224 g/mol. The van der Waals surface area contributed by atoms with E-state index in [2.05, 4.69) is 23.8 Å². The van der Waals surface area contributed by atoms with E-state index >= 15 is 0 Å². The highest BCUT2D eigenvalue weighted by atomic mass is 32.2. The smallest absolute Gasteiger partial charge is 0.233 e. The Balaban J connectivity index is 3.47. The highest BCUT2D eigenvalue weighted by Gasteiger charge is 2.06. The molecule has 0 bridgehead atoms. The summed E-state index contributed by atoms with van der Waals surface area (Å²) in [5.74, 6) is 1.11. The molecule has 0 fully saturated rings. The highest BCUT2D eigenvalue weighted by Crippen LogP contribution is 2.00. The lowest BCUT2D eigenvalue weighted by molar-refractivity contribution is -0.120. The van der Waals surface area contributed by atoms with Crippen LogP contribution in [0.1, 0.15) is 19.8 Å². The molecule has 0 aromatic rings. The summed E-state index contributed by atoms with van der Waals surface area (Å²) in [5.41, 5.74) is 0. The van der Waals surface area contributed by atoms with Gasteiger partial charge in [0.05, 0.1) is 6.54 Å². The molecule has 0 aromatic heterocycles. The summed E-state index contributed by atoms with van der Waals surface area (Å²) in [6.07, 6.45) is 4.00. The summed E-state index contributed by atoms with van der Waals surface area (Å²) in [6.45, 7) is 3.92. The van der Waals surface area contributed by atoms with Gasteiger partial charge in [-0.3, -0.25) is 4.79 Å². The van der Waals surface area contributed by atoms with Gasteiger partial charge in [0.25, 0.3) is 0 Å². The quantitative estimate of drug-likeness (QED) is 0.563. The number of nitrogens with one attached hydrogen (secondary N) is 2. The summed E-state index contributed by atoms with van der Waals surface area (Å²) >= 11 is 1.80. The van der Waals surface area contributed by atoms with Crippen LogP contribution < -0.4 is 10.6 Å². The van der Waals surface area contributed by atoms with E-state index in [1.54, 1.807) is 18.9 Å². The second-order valence-corrected chi connectivity index (χ2v) is 4.55. The first-order valence-electron chi connectivity index (χ1n) is 5.72. The molecule has 96 valence electrons. The number of hydrogen-bond acceptors (Lipinski definition) is 4. The summed E-state index contributed by atoms with van der Waals surface area (Å²) in [5, 5.41) is 6.10. The Bertz CT molecular complexity index is 179. The van der Waals surface area contributed by atoms with Gasteiger partial charge < -0.3 is 15.4 Å². The van der Waals surface area contributed by atoms with Gasteiger partial charge in [-0.05, 0) is 19.1 Å². The number of amides is 1. The normalized spacial score (nSPS) is 12.4. The fourth-order valence-electron chi connectivity index (χ4n) is 1.27. The van der Waals surface area contributed by atoms with E-state index in [0.717, 1.165) is 18.6 Å². The number of thioether (sulfide) groups is 1. The van der Waals surface area contributed by atoms with Crippen molar-refractivity contribution in [3.8, 4) is 0 Å². The van der Waals surface area contributed by atoms with E-state index in [4.69, 9.17) is 4.74 Å². The molecule has 1 atom stereocenters. The predicted octanol–water partition coefficient (Wildman–Crippen LogP) is 0.870. The van der Waals surface area contributed by atoms with Gasteiger partial charge in [-0.1, -0.05) is 6.92 Å². The van der Waals surface area contributed by atoms with Crippen LogP contribution in [0.25, 0.3) is 0 Å². The zero-order chi connectivity index (χ0) is 12.2. The van der Waals surface area contributed by atoms with Crippen molar-refractivity contribution in [3.05, 3.63) is 0 Å². The van der Waals surface area contributed by atoms with E-state index in [-0.39, 0.29) is 5.91 Å². The number of methoxy groups -OCH3 is 1. The molecule has 0 spiro atoms. The zero-order valence-corrected chi connectivity index (χ0v) is 11.4. The molecule has 0 aliphatic rings. The number of carbonyl (C=O) groups is 1. The van der Waals surface area contributed by atoms with Crippen LogP contribution in [0.2, 0.25) is 0 Å². The first-order chi connectivity index (χ1) is 7.74. The minimum Gasteiger partial charge on any atom is -0.385 e. The summed E-state index contributed by atoms with van der Waals surface area (Å²) in [6, 6.07) is 0.430. The molecule has 4 nitrogen and oxygen atoms in total. The van der Waals surface area contributed by atoms with Gasteiger partial charge >= 0.3 is 0 Å². The standard InChI is InChI=1S/C11H24N2O2S/c1-4-10(9-16-3)13-8-11(14)12-6-5-7-15-2/h10,13H,4-9H2,1-3H3,(H,12,14). The minimum absolute atomic E-state index is 0.0654. The third-order valence-corrected chi connectivity index (χ3v) is 3.00. The Labute approximate surface area is 103 Å². The Hall–Kier alpha value is -0.260. The SMILES string of the molecule is CCC(CSC)NCC(=O)NCCCOC. The molecule has 16 heavy (non-hydrogen) atoms. The minimum atomic E-state index is 0.0654. The van der Waals surface area contributed by atoms with Crippen LogP contribution in [0.5, 0.6) is 0 Å². The first-order valence-corrected chi connectivity index (χ1v) is 7.11. The monoisotopic (exact) mass is 248 g/mol. The van der Waals surface area contributed by atoms with Gasteiger partial charge in [0.1, 0.15) is 0 Å². The van der Waals surface area contributed by atoms with E-state index in [0.29, 0.717) is 25.7 Å². The van der Waals surface area contributed by atoms with Crippen LogP contribution in [0, 0.1) is 0 Å². The largest absolute Gasteiger partial charge is 0.385 e. The molecule has 5 heteroatoms. The molecule has 0 radical (unpaired) electrons.